The second-order valence-corrected chi connectivity index (χ2v) is 5.12. The smallest absolute Gasteiger partial charge is 0.186 e. The summed E-state index contributed by atoms with van der Waals surface area (Å²) in [6, 6.07) is 0. The number of carbonyl (C=O) groups excluding carboxylic acids is 2. The number of hydrogen-bond acceptors (Lipinski definition) is 4. The molecule has 0 saturated carbocycles. The Balaban J connectivity index is 4.48. The zero-order valence-electron chi connectivity index (χ0n) is 8.24. The minimum Gasteiger partial charge on any atom is -0.394 e. The zero-order valence-corrected chi connectivity index (χ0v) is 9.06. The lowest BCUT2D eigenvalue weighted by Crippen LogP contribution is -2.34. The number of aldehydes is 1. The number of thioether (sulfide) groups is 1. The Labute approximate surface area is 82.9 Å². The third kappa shape index (κ3) is 4.43. The molecule has 1 atom stereocenters. The highest BCUT2D eigenvalue weighted by molar-refractivity contribution is 8.15. The summed E-state index contributed by atoms with van der Waals surface area (Å²) in [5, 5.41) is 8.93. The molecule has 0 fully saturated rings. The van der Waals surface area contributed by atoms with Crippen molar-refractivity contribution in [3.05, 3.63) is 0 Å². The van der Waals surface area contributed by atoms with E-state index in [1.807, 2.05) is 13.8 Å². The standard InChI is InChI=1S/C9H16O3S/c1-7(2)4-9(5-10,6-11)13-8(3)12/h5,7,11H,4,6H2,1-3H3. The maximum absolute atomic E-state index is 10.9. The summed E-state index contributed by atoms with van der Waals surface area (Å²) in [6.45, 7) is 5.03. The summed E-state index contributed by atoms with van der Waals surface area (Å²) >= 11 is 0.918. The van der Waals surface area contributed by atoms with E-state index in [2.05, 4.69) is 0 Å². The van der Waals surface area contributed by atoms with E-state index in [1.54, 1.807) is 0 Å². The second-order valence-electron chi connectivity index (χ2n) is 3.53. The average Bonchev–Trinajstić information content (AvgIpc) is 2.01. The van der Waals surface area contributed by atoms with Gasteiger partial charge in [0.05, 0.1) is 6.61 Å². The highest BCUT2D eigenvalue weighted by Gasteiger charge is 2.32. The number of aliphatic hydroxyl groups is 1. The SMILES string of the molecule is CC(=O)SC(C=O)(CO)CC(C)C. The normalized spacial score (nSPS) is 15.5. The van der Waals surface area contributed by atoms with E-state index >= 15 is 0 Å². The first kappa shape index (κ1) is 12.7. The zero-order chi connectivity index (χ0) is 10.5. The van der Waals surface area contributed by atoms with Crippen molar-refractivity contribution in [3.63, 3.8) is 0 Å². The molecule has 0 aliphatic heterocycles. The van der Waals surface area contributed by atoms with Gasteiger partial charge in [0, 0.05) is 6.92 Å². The third-order valence-corrected chi connectivity index (χ3v) is 2.67. The molecular weight excluding hydrogens is 188 g/mol. The van der Waals surface area contributed by atoms with Crippen molar-refractivity contribution >= 4 is 23.2 Å². The minimum atomic E-state index is -0.931. The van der Waals surface area contributed by atoms with E-state index in [1.165, 1.54) is 6.92 Å². The molecule has 3 nitrogen and oxygen atoms in total. The van der Waals surface area contributed by atoms with Crippen molar-refractivity contribution in [2.24, 2.45) is 5.92 Å². The van der Waals surface area contributed by atoms with Crippen LogP contribution < -0.4 is 0 Å². The Bertz CT molecular complexity index is 191. The summed E-state index contributed by atoms with van der Waals surface area (Å²) in [5.74, 6) is 0.282. The molecule has 0 aromatic rings. The van der Waals surface area contributed by atoms with Gasteiger partial charge in [-0.05, 0) is 12.3 Å². The van der Waals surface area contributed by atoms with Crippen LogP contribution in [0.1, 0.15) is 27.2 Å². The van der Waals surface area contributed by atoms with Gasteiger partial charge in [0.2, 0.25) is 0 Å². The van der Waals surface area contributed by atoms with Crippen molar-refractivity contribution in [2.75, 3.05) is 6.61 Å². The molecule has 0 bridgehead atoms. The van der Waals surface area contributed by atoms with Gasteiger partial charge >= 0.3 is 0 Å². The van der Waals surface area contributed by atoms with Crippen molar-refractivity contribution in [1.82, 2.24) is 0 Å². The quantitative estimate of drug-likeness (QED) is 0.685. The Morgan fingerprint density at radius 3 is 2.38 bits per heavy atom. The van der Waals surface area contributed by atoms with E-state index in [0.717, 1.165) is 11.8 Å². The van der Waals surface area contributed by atoms with Crippen LogP contribution in [-0.2, 0) is 9.59 Å². The molecule has 0 rings (SSSR count). The Kier molecular flexibility index (Phi) is 5.25. The fourth-order valence-corrected chi connectivity index (χ4v) is 2.33. The maximum Gasteiger partial charge on any atom is 0.186 e. The van der Waals surface area contributed by atoms with Crippen LogP contribution in [-0.4, -0.2) is 27.9 Å². The first-order valence-electron chi connectivity index (χ1n) is 4.22. The van der Waals surface area contributed by atoms with Gasteiger partial charge in [0.25, 0.3) is 0 Å². The highest BCUT2D eigenvalue weighted by atomic mass is 32.2. The van der Waals surface area contributed by atoms with E-state index in [9.17, 15) is 9.59 Å². The van der Waals surface area contributed by atoms with Crippen molar-refractivity contribution in [3.8, 4) is 0 Å². The van der Waals surface area contributed by atoms with E-state index in [-0.39, 0.29) is 17.6 Å². The van der Waals surface area contributed by atoms with E-state index < -0.39 is 4.75 Å². The van der Waals surface area contributed by atoms with Gasteiger partial charge in [0.15, 0.2) is 5.12 Å². The third-order valence-electron chi connectivity index (χ3n) is 1.58. The molecule has 4 heteroatoms. The molecule has 0 aliphatic carbocycles. The molecule has 1 N–H and O–H groups in total. The first-order chi connectivity index (χ1) is 5.95. The predicted octanol–water partition coefficient (Wildman–Crippen LogP) is 1.24. The lowest BCUT2D eigenvalue weighted by molar-refractivity contribution is -0.112. The minimum absolute atomic E-state index is 0.137. The van der Waals surface area contributed by atoms with Gasteiger partial charge in [-0.15, -0.1) is 0 Å². The molecule has 0 aromatic heterocycles. The highest BCUT2D eigenvalue weighted by Crippen LogP contribution is 2.30. The fraction of sp³-hybridized carbons (Fsp3) is 0.778. The molecular formula is C9H16O3S. The Morgan fingerprint density at radius 1 is 1.62 bits per heavy atom. The molecule has 76 valence electrons. The molecule has 0 amide bonds. The summed E-state index contributed by atoms with van der Waals surface area (Å²) in [7, 11) is 0. The average molecular weight is 204 g/mol. The van der Waals surface area contributed by atoms with Crippen LogP contribution in [0, 0.1) is 5.92 Å². The van der Waals surface area contributed by atoms with Crippen LogP contribution >= 0.6 is 11.8 Å². The fourth-order valence-electron chi connectivity index (χ4n) is 1.23. The van der Waals surface area contributed by atoms with Crippen LogP contribution in [0.25, 0.3) is 0 Å². The summed E-state index contributed by atoms with van der Waals surface area (Å²) in [6.07, 6.45) is 1.20. The number of rotatable bonds is 5. The number of hydrogen-bond donors (Lipinski definition) is 1. The first-order valence-corrected chi connectivity index (χ1v) is 5.04. The number of aliphatic hydroxyl groups excluding tert-OH is 1. The summed E-state index contributed by atoms with van der Waals surface area (Å²) in [5.41, 5.74) is 0. The number of carbonyl (C=O) groups is 2. The van der Waals surface area contributed by atoms with Gasteiger partial charge < -0.3 is 9.90 Å². The largest absolute Gasteiger partial charge is 0.394 e. The van der Waals surface area contributed by atoms with Crippen LogP contribution in [0.15, 0.2) is 0 Å². The van der Waals surface area contributed by atoms with Crippen LogP contribution in [0.2, 0.25) is 0 Å². The van der Waals surface area contributed by atoms with Gasteiger partial charge in [-0.3, -0.25) is 4.79 Å². The van der Waals surface area contributed by atoms with Gasteiger partial charge in [-0.2, -0.15) is 0 Å². The molecule has 0 aromatic carbocycles. The summed E-state index contributed by atoms with van der Waals surface area (Å²) < 4.78 is -0.931. The molecule has 1 unspecified atom stereocenters. The summed E-state index contributed by atoms with van der Waals surface area (Å²) in [4.78, 5) is 21.6. The molecule has 13 heavy (non-hydrogen) atoms. The molecule has 0 radical (unpaired) electrons. The van der Waals surface area contributed by atoms with E-state index in [0.29, 0.717) is 12.7 Å². The van der Waals surface area contributed by atoms with Crippen LogP contribution in [0.4, 0.5) is 0 Å². The molecule has 0 saturated heterocycles. The molecule has 0 aliphatic rings. The van der Waals surface area contributed by atoms with Gasteiger partial charge in [0.1, 0.15) is 11.0 Å². The van der Waals surface area contributed by atoms with Crippen LogP contribution in [0.5, 0.6) is 0 Å². The predicted molar refractivity (Wildman–Crippen MR) is 53.6 cm³/mol. The Morgan fingerprint density at radius 2 is 2.15 bits per heavy atom. The molecule has 0 spiro atoms. The van der Waals surface area contributed by atoms with Gasteiger partial charge in [-0.1, -0.05) is 25.6 Å². The maximum atomic E-state index is 10.9. The second kappa shape index (κ2) is 5.40. The van der Waals surface area contributed by atoms with Crippen molar-refractivity contribution < 1.29 is 14.7 Å². The topological polar surface area (TPSA) is 54.4 Å². The van der Waals surface area contributed by atoms with Crippen LogP contribution in [0.3, 0.4) is 0 Å². The Hall–Kier alpha value is -0.350. The van der Waals surface area contributed by atoms with Crippen molar-refractivity contribution in [1.29, 1.82) is 0 Å². The monoisotopic (exact) mass is 204 g/mol. The van der Waals surface area contributed by atoms with Gasteiger partial charge in [-0.25, -0.2) is 0 Å². The lowest BCUT2D eigenvalue weighted by Gasteiger charge is -2.25. The molecule has 0 heterocycles. The van der Waals surface area contributed by atoms with E-state index in [4.69, 9.17) is 5.11 Å². The van der Waals surface area contributed by atoms with Crippen molar-refractivity contribution in [2.45, 2.75) is 31.9 Å². The lowest BCUT2D eigenvalue weighted by atomic mass is 9.98.